The van der Waals surface area contributed by atoms with Gasteiger partial charge >= 0.3 is 0 Å². The Morgan fingerprint density at radius 1 is 1.29 bits per heavy atom. The molecule has 6 heteroatoms. The normalized spacial score (nSPS) is 14.5. The molecule has 2 aromatic rings. The van der Waals surface area contributed by atoms with Crippen LogP contribution in [0.15, 0.2) is 48.3 Å². The maximum Gasteiger partial charge on any atom is 0.263 e. The van der Waals surface area contributed by atoms with Crippen LogP contribution in [0.2, 0.25) is 5.02 Å². The third kappa shape index (κ3) is 4.90. The quantitative estimate of drug-likeness (QED) is 0.549. The van der Waals surface area contributed by atoms with Crippen LogP contribution in [0.4, 0.5) is 5.82 Å². The van der Waals surface area contributed by atoms with Crippen LogP contribution in [0.1, 0.15) is 48.9 Å². The molecule has 1 atom stereocenters. The summed E-state index contributed by atoms with van der Waals surface area (Å²) in [6, 6.07) is 11.6. The Bertz CT molecular complexity index is 915. The second-order valence-electron chi connectivity index (χ2n) is 6.85. The molecule has 5 nitrogen and oxygen atoms in total. The molecule has 0 spiro atoms. The zero-order valence-electron chi connectivity index (χ0n) is 15.8. The van der Waals surface area contributed by atoms with Crippen molar-refractivity contribution in [3.05, 3.63) is 70.0 Å². The fraction of sp³-hybridized carbons (Fsp3) is 0.318. The van der Waals surface area contributed by atoms with Crippen LogP contribution in [0.3, 0.4) is 0 Å². The Labute approximate surface area is 170 Å². The zero-order chi connectivity index (χ0) is 19.9. The lowest BCUT2D eigenvalue weighted by molar-refractivity contribution is -0.117. The first-order valence-corrected chi connectivity index (χ1v) is 9.89. The first-order valence-electron chi connectivity index (χ1n) is 9.51. The van der Waals surface area contributed by atoms with Gasteiger partial charge in [0.15, 0.2) is 0 Å². The Hall–Kier alpha value is -2.84. The number of rotatable bonds is 6. The molecule has 1 aliphatic rings. The fourth-order valence-corrected chi connectivity index (χ4v) is 3.49. The van der Waals surface area contributed by atoms with Crippen LogP contribution < -0.4 is 10.6 Å². The van der Waals surface area contributed by atoms with Crippen LogP contribution in [0.25, 0.3) is 0 Å². The van der Waals surface area contributed by atoms with E-state index in [1.54, 1.807) is 12.1 Å². The third-order valence-electron chi connectivity index (χ3n) is 4.95. The van der Waals surface area contributed by atoms with E-state index in [2.05, 4.69) is 33.8 Å². The summed E-state index contributed by atoms with van der Waals surface area (Å²) in [7, 11) is 0. The van der Waals surface area contributed by atoms with Crippen molar-refractivity contribution in [2.75, 3.05) is 5.32 Å². The number of carbonyl (C=O) groups is 1. The molecule has 1 aliphatic carbocycles. The molecule has 0 fully saturated rings. The van der Waals surface area contributed by atoms with E-state index in [-0.39, 0.29) is 11.6 Å². The number of hydrogen-bond acceptors (Lipinski definition) is 4. The average molecular weight is 395 g/mol. The molecule has 0 bridgehead atoms. The number of nitriles is 1. The summed E-state index contributed by atoms with van der Waals surface area (Å²) in [4.78, 5) is 16.7. The number of fused-ring (bicyclic) bond motifs is 1. The number of hydrogen-bond donors (Lipinski definition) is 2. The number of halogens is 1. The van der Waals surface area contributed by atoms with E-state index < -0.39 is 5.91 Å². The molecule has 0 radical (unpaired) electrons. The molecule has 0 saturated heterocycles. The summed E-state index contributed by atoms with van der Waals surface area (Å²) in [5, 5.41) is 15.7. The number of aryl methyl sites for hydroxylation is 2. The van der Waals surface area contributed by atoms with E-state index >= 15 is 0 Å². The van der Waals surface area contributed by atoms with Crippen LogP contribution in [0.5, 0.6) is 0 Å². The minimum absolute atomic E-state index is 0.00633. The molecule has 144 valence electrons. The van der Waals surface area contributed by atoms with Gasteiger partial charge in [0.05, 0.1) is 11.1 Å². The van der Waals surface area contributed by atoms with Crippen molar-refractivity contribution < 1.29 is 4.79 Å². The van der Waals surface area contributed by atoms with Crippen LogP contribution >= 0.6 is 11.6 Å². The van der Waals surface area contributed by atoms with Crippen molar-refractivity contribution in [1.29, 1.82) is 5.26 Å². The highest BCUT2D eigenvalue weighted by Gasteiger charge is 2.18. The topological polar surface area (TPSA) is 77.8 Å². The highest BCUT2D eigenvalue weighted by molar-refractivity contribution is 6.30. The summed E-state index contributed by atoms with van der Waals surface area (Å²) in [5.74, 6) is 0.0974. The number of nitrogens with one attached hydrogen (secondary N) is 2. The predicted molar refractivity (Wildman–Crippen MR) is 111 cm³/mol. The van der Waals surface area contributed by atoms with Gasteiger partial charge in [-0.15, -0.1) is 0 Å². The number of benzene rings is 1. The highest BCUT2D eigenvalue weighted by atomic mass is 35.5. The van der Waals surface area contributed by atoms with Gasteiger partial charge in [0.25, 0.3) is 5.91 Å². The molecule has 3 rings (SSSR count). The maximum absolute atomic E-state index is 12.6. The summed E-state index contributed by atoms with van der Waals surface area (Å²) in [6.45, 7) is 2.02. The van der Waals surface area contributed by atoms with E-state index in [1.807, 2.05) is 13.0 Å². The van der Waals surface area contributed by atoms with Gasteiger partial charge in [-0.25, -0.2) is 4.98 Å². The molecular formula is C22H23ClN4O. The summed E-state index contributed by atoms with van der Waals surface area (Å²) < 4.78 is 0. The molecule has 1 aromatic heterocycles. The summed E-state index contributed by atoms with van der Waals surface area (Å²) >= 11 is 5.81. The van der Waals surface area contributed by atoms with E-state index in [1.165, 1.54) is 36.4 Å². The number of nitrogens with zero attached hydrogens (tertiary/aromatic N) is 2. The van der Waals surface area contributed by atoms with Crippen molar-refractivity contribution in [2.45, 2.75) is 45.1 Å². The number of pyridine rings is 1. The molecule has 0 saturated carbocycles. The largest absolute Gasteiger partial charge is 0.345 e. The van der Waals surface area contributed by atoms with E-state index in [9.17, 15) is 10.1 Å². The number of anilines is 1. The molecule has 1 amide bonds. The lowest BCUT2D eigenvalue weighted by Crippen LogP contribution is -2.29. The highest BCUT2D eigenvalue weighted by Crippen LogP contribution is 2.26. The molecule has 1 aromatic carbocycles. The summed E-state index contributed by atoms with van der Waals surface area (Å²) in [5.41, 5.74) is 3.87. The molecule has 2 N–H and O–H groups in total. The smallest absolute Gasteiger partial charge is 0.263 e. The molecule has 0 aliphatic heterocycles. The van der Waals surface area contributed by atoms with E-state index in [4.69, 9.17) is 11.6 Å². The van der Waals surface area contributed by atoms with E-state index in [0.717, 1.165) is 24.8 Å². The van der Waals surface area contributed by atoms with Gasteiger partial charge < -0.3 is 10.6 Å². The van der Waals surface area contributed by atoms with Gasteiger partial charge in [-0.1, -0.05) is 36.7 Å². The minimum Gasteiger partial charge on any atom is -0.345 e. The minimum atomic E-state index is -0.409. The molecule has 1 heterocycles. The van der Waals surface area contributed by atoms with Crippen molar-refractivity contribution in [3.8, 4) is 6.07 Å². The van der Waals surface area contributed by atoms with Gasteiger partial charge in [0.1, 0.15) is 17.5 Å². The first-order chi connectivity index (χ1) is 13.6. The van der Waals surface area contributed by atoms with Crippen LogP contribution in [-0.2, 0) is 17.6 Å². The van der Waals surface area contributed by atoms with Gasteiger partial charge in [-0.3, -0.25) is 4.79 Å². The summed E-state index contributed by atoms with van der Waals surface area (Å²) in [6.07, 6.45) is 8.28. The number of carbonyl (C=O) groups excluding carboxylic acids is 1. The lowest BCUT2D eigenvalue weighted by Gasteiger charge is -2.21. The zero-order valence-corrected chi connectivity index (χ0v) is 16.6. The third-order valence-corrected chi connectivity index (χ3v) is 5.17. The van der Waals surface area contributed by atoms with Gasteiger partial charge in [0.2, 0.25) is 0 Å². The van der Waals surface area contributed by atoms with Gasteiger partial charge in [0, 0.05) is 12.4 Å². The Morgan fingerprint density at radius 3 is 2.75 bits per heavy atom. The first kappa shape index (κ1) is 19.9. The van der Waals surface area contributed by atoms with Gasteiger partial charge in [-0.2, -0.15) is 5.26 Å². The molecule has 28 heavy (non-hydrogen) atoms. The van der Waals surface area contributed by atoms with Crippen LogP contribution in [0, 0.1) is 11.3 Å². The number of amides is 1. The maximum atomic E-state index is 12.6. The van der Waals surface area contributed by atoms with Crippen molar-refractivity contribution in [3.63, 3.8) is 0 Å². The standard InChI is InChI=1S/C22H23ClN4O/c1-2-20(17-8-7-15-5-3-4-6-16(15)11-17)27-22(28)18(12-24)13-25-21-10-9-19(23)14-26-21/h7-11,13-14,20H,2-6H2,1H3,(H,25,26)(H,27,28)/b18-13-. The van der Waals surface area contributed by atoms with Crippen molar-refractivity contribution >= 4 is 23.3 Å². The molecular weight excluding hydrogens is 372 g/mol. The molecule has 1 unspecified atom stereocenters. The predicted octanol–water partition coefficient (Wildman–Crippen LogP) is 4.70. The lowest BCUT2D eigenvalue weighted by atomic mass is 9.88. The average Bonchev–Trinajstić information content (AvgIpc) is 2.73. The Kier molecular flexibility index (Phi) is 6.67. The van der Waals surface area contributed by atoms with E-state index in [0.29, 0.717) is 10.8 Å². The number of aromatic nitrogens is 1. The monoisotopic (exact) mass is 394 g/mol. The SMILES string of the molecule is CCC(NC(=O)/C(C#N)=C\Nc1ccc(Cl)cn1)c1ccc2c(c1)CCCC2. The Morgan fingerprint density at radius 2 is 2.07 bits per heavy atom. The Balaban J connectivity index is 1.70. The second-order valence-corrected chi connectivity index (χ2v) is 7.28. The van der Waals surface area contributed by atoms with Crippen LogP contribution in [-0.4, -0.2) is 10.9 Å². The van der Waals surface area contributed by atoms with Gasteiger partial charge in [-0.05, 0) is 60.9 Å². The fourth-order valence-electron chi connectivity index (χ4n) is 3.38. The van der Waals surface area contributed by atoms with Crippen molar-refractivity contribution in [1.82, 2.24) is 10.3 Å². The second kappa shape index (κ2) is 9.38. The van der Waals surface area contributed by atoms with Crippen molar-refractivity contribution in [2.24, 2.45) is 0 Å².